The van der Waals surface area contributed by atoms with Crippen LogP contribution in [0.2, 0.25) is 0 Å². The maximum atomic E-state index is 7.13. The molecule has 11 aliphatic rings. The van der Waals surface area contributed by atoms with Crippen LogP contribution in [0.15, 0.2) is 11.6 Å². The van der Waals surface area contributed by atoms with Gasteiger partial charge in [0.15, 0.2) is 23.8 Å². The van der Waals surface area contributed by atoms with Crippen molar-refractivity contribution in [2.75, 3.05) is 0 Å². The van der Waals surface area contributed by atoms with Crippen LogP contribution in [-0.4, -0.2) is 47.6 Å². The zero-order valence-electron chi connectivity index (χ0n) is 26.0. The lowest BCUT2D eigenvalue weighted by molar-refractivity contribution is -0.575. The molecule has 2 spiro atoms. The standard InChI is InChI=1S/C34H50O8/c1-6-20-15-27-21(25-9-7-18(2)23-11-13-31(4)37-29(35-27)33(23,25)41-39-31)17-22-26-10-8-19(3)24-12-14-32(5)38-30(36-28(22)16-20)34(24,26)42-40-32/h6,18-19,21-30H,7-17H2,1-5H3/b20-6-/t18-,19-,21-,22-,23+,24+,25+,26+,27-,28?,29-,30-,31+,32+,33-,34-/m1/s1. The van der Waals surface area contributed by atoms with Gasteiger partial charge in [0, 0.05) is 24.7 Å². The summed E-state index contributed by atoms with van der Waals surface area (Å²) in [5.74, 6) is 1.61. The van der Waals surface area contributed by atoms with Gasteiger partial charge in [0.25, 0.3) is 0 Å². The van der Waals surface area contributed by atoms with Crippen LogP contribution in [0, 0.1) is 47.3 Å². The summed E-state index contributed by atoms with van der Waals surface area (Å²) in [6.45, 7) is 11.0. The number of hydrogen-bond acceptors (Lipinski definition) is 8. The first kappa shape index (κ1) is 27.7. The molecule has 0 amide bonds. The van der Waals surface area contributed by atoms with Crippen molar-refractivity contribution in [2.24, 2.45) is 47.3 Å². The van der Waals surface area contributed by atoms with Gasteiger partial charge in [-0.05, 0) is 114 Å². The van der Waals surface area contributed by atoms with Gasteiger partial charge in [-0.1, -0.05) is 25.5 Å². The Bertz CT molecular complexity index is 1060. The van der Waals surface area contributed by atoms with Gasteiger partial charge < -0.3 is 18.9 Å². The molecule has 8 heterocycles. The molecule has 8 saturated heterocycles. The van der Waals surface area contributed by atoms with Crippen LogP contribution < -0.4 is 0 Å². The van der Waals surface area contributed by atoms with Crippen LogP contribution in [0.25, 0.3) is 0 Å². The Kier molecular flexibility index (Phi) is 6.10. The molecule has 3 aliphatic carbocycles. The van der Waals surface area contributed by atoms with Crippen molar-refractivity contribution in [1.82, 2.24) is 0 Å². The molecule has 16 atom stereocenters. The van der Waals surface area contributed by atoms with Crippen molar-refractivity contribution < 1.29 is 38.5 Å². The van der Waals surface area contributed by atoms with Crippen LogP contribution in [0.4, 0.5) is 0 Å². The lowest BCUT2D eigenvalue weighted by Gasteiger charge is -2.64. The largest absolute Gasteiger partial charge is 0.346 e. The van der Waals surface area contributed by atoms with Gasteiger partial charge in [-0.15, -0.1) is 0 Å². The summed E-state index contributed by atoms with van der Waals surface area (Å²) < 4.78 is 27.7. The first-order valence-corrected chi connectivity index (χ1v) is 17.2. The van der Waals surface area contributed by atoms with Gasteiger partial charge in [0.1, 0.15) is 0 Å². The Labute approximate surface area is 250 Å². The minimum Gasteiger partial charge on any atom is -0.346 e. The van der Waals surface area contributed by atoms with E-state index in [2.05, 4.69) is 26.8 Å². The molecular formula is C34H50O8. The molecular weight excluding hydrogens is 536 g/mol. The number of ether oxygens (including phenoxy) is 4. The van der Waals surface area contributed by atoms with Crippen LogP contribution in [0.1, 0.15) is 105 Å². The van der Waals surface area contributed by atoms with Gasteiger partial charge >= 0.3 is 0 Å². The lowest BCUT2D eigenvalue weighted by Crippen LogP contribution is -2.73. The monoisotopic (exact) mass is 586 g/mol. The van der Waals surface area contributed by atoms with E-state index < -0.39 is 22.8 Å². The Morgan fingerprint density at radius 1 is 0.619 bits per heavy atom. The molecule has 4 bridgehead atoms. The molecule has 0 N–H and O–H groups in total. The van der Waals surface area contributed by atoms with Gasteiger partial charge in [0.05, 0.1) is 12.2 Å². The summed E-state index contributed by atoms with van der Waals surface area (Å²) in [7, 11) is 0. The third-order valence-electron chi connectivity index (χ3n) is 14.0. The fraction of sp³-hybridized carbons (Fsp3) is 0.941. The van der Waals surface area contributed by atoms with E-state index in [1.807, 2.05) is 13.8 Å². The highest BCUT2D eigenvalue weighted by molar-refractivity contribution is 5.18. The maximum Gasteiger partial charge on any atom is 0.201 e. The van der Waals surface area contributed by atoms with E-state index in [9.17, 15) is 0 Å². The number of allylic oxidation sites excluding steroid dienone is 1. The lowest BCUT2D eigenvalue weighted by atomic mass is 9.52. The molecule has 0 aromatic heterocycles. The first-order chi connectivity index (χ1) is 20.2. The quantitative estimate of drug-likeness (QED) is 0.233. The van der Waals surface area contributed by atoms with Crippen LogP contribution in [0.3, 0.4) is 0 Å². The number of rotatable bonds is 0. The zero-order valence-corrected chi connectivity index (χ0v) is 26.0. The third kappa shape index (κ3) is 3.58. The van der Waals surface area contributed by atoms with Crippen LogP contribution >= 0.6 is 0 Å². The van der Waals surface area contributed by atoms with E-state index in [0.29, 0.717) is 47.3 Å². The van der Waals surface area contributed by atoms with Crippen molar-refractivity contribution in [3.63, 3.8) is 0 Å². The Morgan fingerprint density at radius 2 is 1.10 bits per heavy atom. The molecule has 42 heavy (non-hydrogen) atoms. The van der Waals surface area contributed by atoms with Crippen molar-refractivity contribution >= 4 is 0 Å². The van der Waals surface area contributed by atoms with Crippen LogP contribution in [-0.2, 0) is 38.5 Å². The van der Waals surface area contributed by atoms with Crippen molar-refractivity contribution in [2.45, 2.75) is 153 Å². The second kappa shape index (κ2) is 9.25. The predicted octanol–water partition coefficient (Wildman–Crippen LogP) is 6.58. The Morgan fingerprint density at radius 3 is 1.55 bits per heavy atom. The fourth-order valence-corrected chi connectivity index (χ4v) is 11.8. The molecule has 0 aromatic carbocycles. The molecule has 0 radical (unpaired) electrons. The molecule has 8 heteroatoms. The van der Waals surface area contributed by atoms with E-state index in [1.54, 1.807) is 0 Å². The van der Waals surface area contributed by atoms with E-state index in [4.69, 9.17) is 38.5 Å². The van der Waals surface area contributed by atoms with Crippen molar-refractivity contribution in [3.8, 4) is 0 Å². The summed E-state index contributed by atoms with van der Waals surface area (Å²) in [6.07, 6.45) is 13.0. The first-order valence-electron chi connectivity index (χ1n) is 17.2. The minimum absolute atomic E-state index is 0.0871. The van der Waals surface area contributed by atoms with E-state index in [1.165, 1.54) is 18.4 Å². The van der Waals surface area contributed by atoms with Gasteiger partial charge in [-0.25, -0.2) is 19.6 Å². The molecule has 234 valence electrons. The second-order valence-electron chi connectivity index (χ2n) is 16.1. The third-order valence-corrected chi connectivity index (χ3v) is 14.0. The highest BCUT2D eigenvalue weighted by atomic mass is 17.3. The van der Waals surface area contributed by atoms with Gasteiger partial charge in [-0.3, -0.25) is 0 Å². The summed E-state index contributed by atoms with van der Waals surface area (Å²) >= 11 is 0. The van der Waals surface area contributed by atoms with Crippen molar-refractivity contribution in [1.29, 1.82) is 0 Å². The highest BCUT2D eigenvalue weighted by Crippen LogP contribution is 2.66. The Hall–Kier alpha value is -0.580. The summed E-state index contributed by atoms with van der Waals surface area (Å²) in [5, 5.41) is 0. The smallest absolute Gasteiger partial charge is 0.201 e. The van der Waals surface area contributed by atoms with E-state index in [0.717, 1.165) is 57.8 Å². The Balaban J connectivity index is 1.14. The number of hydrogen-bond donors (Lipinski definition) is 0. The SMILES string of the molecule is C/C=C1\CC2O[C@@H]3O[C@]4(C)CC[C@H]5[C@H](C)CC[C@@H]([C@H]2C[C@H]2[C@@H](C1)O[C@@H]1O[C@]6(C)CC[C@H]7[C@H](C)CC[C@@H]2[C@@]17OO6)[C@@]35OO4. The zero-order chi connectivity index (χ0) is 28.6. The fourth-order valence-electron chi connectivity index (χ4n) is 11.8. The highest BCUT2D eigenvalue weighted by Gasteiger charge is 2.73. The summed E-state index contributed by atoms with van der Waals surface area (Å²) in [6, 6.07) is 0. The molecule has 3 saturated carbocycles. The van der Waals surface area contributed by atoms with Crippen LogP contribution in [0.5, 0.6) is 0 Å². The minimum atomic E-state index is -0.744. The average Bonchev–Trinajstić information content (AvgIpc) is 3.33. The molecule has 0 aromatic rings. The predicted molar refractivity (Wildman–Crippen MR) is 150 cm³/mol. The molecule has 11 rings (SSSR count). The second-order valence-corrected chi connectivity index (χ2v) is 16.1. The van der Waals surface area contributed by atoms with Gasteiger partial charge in [-0.2, -0.15) is 0 Å². The van der Waals surface area contributed by atoms with Gasteiger partial charge in [0.2, 0.25) is 11.6 Å². The summed E-state index contributed by atoms with van der Waals surface area (Å²) in [5.41, 5.74) is 0.298. The number of fused-ring (bicyclic) bond motifs is 8. The summed E-state index contributed by atoms with van der Waals surface area (Å²) in [4.78, 5) is 25.6. The van der Waals surface area contributed by atoms with E-state index >= 15 is 0 Å². The van der Waals surface area contributed by atoms with Crippen molar-refractivity contribution in [3.05, 3.63) is 11.6 Å². The molecule has 1 unspecified atom stereocenters. The maximum absolute atomic E-state index is 7.13. The topological polar surface area (TPSA) is 73.8 Å². The van der Waals surface area contributed by atoms with E-state index in [-0.39, 0.29) is 24.8 Å². The molecule has 8 aliphatic heterocycles. The average molecular weight is 587 g/mol. The molecule has 8 nitrogen and oxygen atoms in total. The normalized spacial score (nSPS) is 62.5. The molecule has 11 fully saturated rings.